The van der Waals surface area contributed by atoms with Crippen LogP contribution in [0.4, 0.5) is 0 Å². The zero-order valence-corrected chi connectivity index (χ0v) is 13.7. The van der Waals surface area contributed by atoms with E-state index >= 15 is 0 Å². The zero-order valence-electron chi connectivity index (χ0n) is 13.7. The number of hydrogen-bond acceptors (Lipinski definition) is 5. The number of amides is 1. The first-order valence-corrected chi connectivity index (χ1v) is 9.00. The van der Waals surface area contributed by atoms with E-state index in [9.17, 15) is 14.7 Å². The van der Waals surface area contributed by atoms with E-state index in [-0.39, 0.29) is 18.4 Å². The predicted octanol–water partition coefficient (Wildman–Crippen LogP) is 2.12. The van der Waals surface area contributed by atoms with Crippen LogP contribution in [0, 0.1) is 5.92 Å². The molecule has 2 aliphatic carbocycles. The van der Waals surface area contributed by atoms with Crippen LogP contribution in [0.5, 0.6) is 0 Å². The molecule has 3 atom stereocenters. The number of carbonyl (C=O) groups is 2. The minimum Gasteiger partial charge on any atom is -0.480 e. The molecule has 0 bridgehead atoms. The molecule has 130 valence electrons. The summed E-state index contributed by atoms with van der Waals surface area (Å²) in [5.74, 6) is 1.02. The highest BCUT2D eigenvalue weighted by Crippen LogP contribution is 2.40. The highest BCUT2D eigenvalue weighted by atomic mass is 16.5. The minimum atomic E-state index is -0.883. The second kappa shape index (κ2) is 6.18. The Bertz CT molecular complexity index is 640. The van der Waals surface area contributed by atoms with Gasteiger partial charge in [0, 0.05) is 24.8 Å². The molecule has 1 N–H and O–H groups in total. The first-order valence-electron chi connectivity index (χ1n) is 9.00. The van der Waals surface area contributed by atoms with Crippen LogP contribution in [-0.2, 0) is 16.0 Å². The summed E-state index contributed by atoms with van der Waals surface area (Å²) in [5.41, 5.74) is 0. The van der Waals surface area contributed by atoms with Crippen molar-refractivity contribution in [2.45, 2.75) is 75.8 Å². The molecule has 2 heterocycles. The average molecular weight is 333 g/mol. The van der Waals surface area contributed by atoms with Gasteiger partial charge >= 0.3 is 5.97 Å². The molecule has 7 nitrogen and oxygen atoms in total. The fraction of sp³-hybridized carbons (Fsp3) is 0.765. The van der Waals surface area contributed by atoms with E-state index in [1.807, 2.05) is 0 Å². The lowest BCUT2D eigenvalue weighted by molar-refractivity contribution is -0.149. The Hall–Kier alpha value is -1.92. The fourth-order valence-corrected chi connectivity index (χ4v) is 4.26. The second-order valence-electron chi connectivity index (χ2n) is 7.32. The summed E-state index contributed by atoms with van der Waals surface area (Å²) in [6.07, 6.45) is 7.60. The number of aliphatic carboxylic acids is 1. The number of carboxylic acids is 1. The molecule has 0 spiro atoms. The summed E-state index contributed by atoms with van der Waals surface area (Å²) in [5, 5.41) is 13.5. The molecule has 3 fully saturated rings. The molecule has 4 rings (SSSR count). The second-order valence-corrected chi connectivity index (χ2v) is 7.32. The molecule has 0 aromatic carbocycles. The van der Waals surface area contributed by atoms with Crippen molar-refractivity contribution in [3.8, 4) is 0 Å². The van der Waals surface area contributed by atoms with E-state index in [0.717, 1.165) is 44.3 Å². The monoisotopic (exact) mass is 333 g/mol. The summed E-state index contributed by atoms with van der Waals surface area (Å²) in [6.45, 7) is 0. The molecule has 0 unspecified atom stereocenters. The maximum atomic E-state index is 12.7. The van der Waals surface area contributed by atoms with Gasteiger partial charge < -0.3 is 14.5 Å². The number of rotatable bonds is 5. The number of carbonyl (C=O) groups excluding carboxylic acids is 1. The quantitative estimate of drug-likeness (QED) is 0.886. The Morgan fingerprint density at radius 1 is 1.21 bits per heavy atom. The normalized spacial score (nSPS) is 29.5. The van der Waals surface area contributed by atoms with E-state index in [2.05, 4.69) is 10.1 Å². The van der Waals surface area contributed by atoms with Gasteiger partial charge in [-0.1, -0.05) is 18.0 Å². The molecule has 1 amide bonds. The van der Waals surface area contributed by atoms with Crippen LogP contribution < -0.4 is 0 Å². The Kier molecular flexibility index (Phi) is 4.02. The van der Waals surface area contributed by atoms with Gasteiger partial charge in [-0.2, -0.15) is 4.98 Å². The molecule has 24 heavy (non-hydrogen) atoms. The summed E-state index contributed by atoms with van der Waals surface area (Å²) >= 11 is 0. The number of hydrogen-bond donors (Lipinski definition) is 1. The van der Waals surface area contributed by atoms with Crippen molar-refractivity contribution >= 4 is 11.9 Å². The summed E-state index contributed by atoms with van der Waals surface area (Å²) in [7, 11) is 0. The molecule has 2 saturated carbocycles. The highest BCUT2D eigenvalue weighted by molar-refractivity contribution is 5.84. The number of aryl methyl sites for hydroxylation is 1. The maximum absolute atomic E-state index is 12.7. The SMILES string of the molecule is O=C(O)[C@@H]1C[C@@H]2CCCC[C@@H]2N1C(=O)CCc1nc(C2CC2)no1. The molecule has 1 aromatic heterocycles. The van der Waals surface area contributed by atoms with Crippen LogP contribution in [0.1, 0.15) is 69.0 Å². The third-order valence-electron chi connectivity index (χ3n) is 5.64. The van der Waals surface area contributed by atoms with Crippen molar-refractivity contribution in [1.29, 1.82) is 0 Å². The maximum Gasteiger partial charge on any atom is 0.326 e. The average Bonchev–Trinajstić information content (AvgIpc) is 3.19. The van der Waals surface area contributed by atoms with Gasteiger partial charge in [0.2, 0.25) is 11.8 Å². The smallest absolute Gasteiger partial charge is 0.326 e. The lowest BCUT2D eigenvalue weighted by Gasteiger charge is -2.33. The van der Waals surface area contributed by atoms with Gasteiger partial charge in [-0.05, 0) is 38.0 Å². The molecule has 7 heteroatoms. The van der Waals surface area contributed by atoms with E-state index in [0.29, 0.717) is 30.6 Å². The van der Waals surface area contributed by atoms with Gasteiger partial charge in [0.05, 0.1) is 0 Å². The topological polar surface area (TPSA) is 96.5 Å². The molecular weight excluding hydrogens is 310 g/mol. The molecule has 1 aliphatic heterocycles. The Labute approximate surface area is 140 Å². The van der Waals surface area contributed by atoms with Gasteiger partial charge in [0.1, 0.15) is 6.04 Å². The van der Waals surface area contributed by atoms with Crippen LogP contribution in [0.3, 0.4) is 0 Å². The van der Waals surface area contributed by atoms with Crippen LogP contribution in [-0.4, -0.2) is 44.1 Å². The van der Waals surface area contributed by atoms with E-state index in [4.69, 9.17) is 4.52 Å². The molecular formula is C17H23N3O4. The third kappa shape index (κ3) is 2.91. The van der Waals surface area contributed by atoms with Crippen molar-refractivity contribution in [2.75, 3.05) is 0 Å². The molecule has 0 radical (unpaired) electrons. The van der Waals surface area contributed by atoms with Crippen molar-refractivity contribution in [1.82, 2.24) is 15.0 Å². The first-order chi connectivity index (χ1) is 11.6. The van der Waals surface area contributed by atoms with Crippen molar-refractivity contribution in [2.24, 2.45) is 5.92 Å². The van der Waals surface area contributed by atoms with Gasteiger partial charge in [-0.25, -0.2) is 4.79 Å². The summed E-state index contributed by atoms with van der Waals surface area (Å²) in [6, 6.07) is -0.577. The van der Waals surface area contributed by atoms with Gasteiger partial charge in [0.25, 0.3) is 0 Å². The van der Waals surface area contributed by atoms with Gasteiger partial charge in [0.15, 0.2) is 5.82 Å². The van der Waals surface area contributed by atoms with E-state index in [1.54, 1.807) is 4.90 Å². The number of aromatic nitrogens is 2. The predicted molar refractivity (Wildman–Crippen MR) is 83.2 cm³/mol. The van der Waals surface area contributed by atoms with E-state index < -0.39 is 12.0 Å². The summed E-state index contributed by atoms with van der Waals surface area (Å²) < 4.78 is 5.21. The number of carboxylic acid groups (broad SMARTS) is 1. The number of fused-ring (bicyclic) bond motifs is 1. The van der Waals surface area contributed by atoms with Crippen LogP contribution in [0.2, 0.25) is 0 Å². The van der Waals surface area contributed by atoms with Gasteiger partial charge in [-0.15, -0.1) is 0 Å². The fourth-order valence-electron chi connectivity index (χ4n) is 4.26. The lowest BCUT2D eigenvalue weighted by Crippen LogP contribution is -2.46. The minimum absolute atomic E-state index is 0.0945. The number of likely N-dealkylation sites (tertiary alicyclic amines) is 1. The Morgan fingerprint density at radius 3 is 2.75 bits per heavy atom. The Balaban J connectivity index is 1.41. The first kappa shape index (κ1) is 15.6. The lowest BCUT2D eigenvalue weighted by atomic mass is 9.84. The molecule has 1 saturated heterocycles. The van der Waals surface area contributed by atoms with Crippen LogP contribution in [0.25, 0.3) is 0 Å². The third-order valence-corrected chi connectivity index (χ3v) is 5.64. The van der Waals surface area contributed by atoms with Crippen molar-refractivity contribution in [3.63, 3.8) is 0 Å². The molecule has 1 aromatic rings. The van der Waals surface area contributed by atoms with Crippen molar-refractivity contribution in [3.05, 3.63) is 11.7 Å². The largest absolute Gasteiger partial charge is 0.480 e. The zero-order chi connectivity index (χ0) is 16.7. The standard InChI is InChI=1S/C17H23N3O4/c21-15(8-7-14-18-16(19-24-14)10-5-6-10)20-12-4-2-1-3-11(12)9-13(20)17(22)23/h10-13H,1-9H2,(H,22,23)/t11-,12-,13-/m0/s1. The number of nitrogens with zero attached hydrogens (tertiary/aromatic N) is 3. The van der Waals surface area contributed by atoms with E-state index in [1.165, 1.54) is 0 Å². The van der Waals surface area contributed by atoms with Crippen LogP contribution in [0.15, 0.2) is 4.52 Å². The summed E-state index contributed by atoms with van der Waals surface area (Å²) in [4.78, 5) is 30.3. The van der Waals surface area contributed by atoms with Gasteiger partial charge in [-0.3, -0.25) is 4.79 Å². The highest BCUT2D eigenvalue weighted by Gasteiger charge is 2.47. The van der Waals surface area contributed by atoms with Crippen LogP contribution >= 0.6 is 0 Å². The molecule has 3 aliphatic rings. The van der Waals surface area contributed by atoms with Crippen molar-refractivity contribution < 1.29 is 19.2 Å². The Morgan fingerprint density at radius 2 is 2.00 bits per heavy atom.